The Morgan fingerprint density at radius 3 is 2.61 bits per heavy atom. The van der Waals surface area contributed by atoms with Gasteiger partial charge in [0.25, 0.3) is 11.8 Å². The van der Waals surface area contributed by atoms with Crippen LogP contribution in [0.2, 0.25) is 0 Å². The van der Waals surface area contributed by atoms with Gasteiger partial charge in [-0.25, -0.2) is 0 Å². The number of carbonyl (C=O) groups is 2. The van der Waals surface area contributed by atoms with Crippen LogP contribution in [0.25, 0.3) is 6.08 Å². The highest BCUT2D eigenvalue weighted by Gasteiger charge is 2.32. The van der Waals surface area contributed by atoms with Crippen molar-refractivity contribution in [2.75, 3.05) is 25.5 Å². The van der Waals surface area contributed by atoms with Crippen LogP contribution >= 0.6 is 12.2 Å². The molecule has 6 heteroatoms. The quantitative estimate of drug-likeness (QED) is 0.397. The third-order valence-corrected chi connectivity index (χ3v) is 3.89. The van der Waals surface area contributed by atoms with E-state index >= 15 is 0 Å². The van der Waals surface area contributed by atoms with Crippen LogP contribution in [0, 0.1) is 6.92 Å². The van der Waals surface area contributed by atoms with E-state index in [4.69, 9.17) is 12.2 Å². The van der Waals surface area contributed by atoms with Gasteiger partial charge in [-0.15, -0.1) is 6.58 Å². The molecular weight excluding hydrogens is 310 g/mol. The zero-order valence-electron chi connectivity index (χ0n) is 13.4. The van der Waals surface area contributed by atoms with Crippen LogP contribution in [-0.4, -0.2) is 42.5 Å². The van der Waals surface area contributed by atoms with Gasteiger partial charge in [-0.1, -0.05) is 12.1 Å². The maximum atomic E-state index is 12.5. The minimum Gasteiger partial charge on any atom is -0.378 e. The smallest absolute Gasteiger partial charge is 0.265 e. The van der Waals surface area contributed by atoms with Gasteiger partial charge >= 0.3 is 0 Å². The maximum Gasteiger partial charge on any atom is 0.265 e. The molecule has 23 heavy (non-hydrogen) atoms. The zero-order chi connectivity index (χ0) is 17.1. The van der Waals surface area contributed by atoms with Gasteiger partial charge in [-0.05, 0) is 48.5 Å². The van der Waals surface area contributed by atoms with E-state index in [2.05, 4.69) is 11.9 Å². The van der Waals surface area contributed by atoms with Gasteiger partial charge in [-0.2, -0.15) is 0 Å². The summed E-state index contributed by atoms with van der Waals surface area (Å²) in [6, 6.07) is 5.84. The van der Waals surface area contributed by atoms with Crippen LogP contribution in [0.15, 0.2) is 36.4 Å². The lowest BCUT2D eigenvalue weighted by Crippen LogP contribution is -2.53. The standard InChI is InChI=1S/C17H19N3O2S/c1-5-8-20-16(22)14(15(21)18-17(20)23)10-12-6-7-13(19(3)4)9-11(12)2/h5-7,9-10H,1,8H2,2-4H3,(H,18,21,23). The molecule has 120 valence electrons. The second-order valence-electron chi connectivity index (χ2n) is 5.46. The molecule has 2 amide bonds. The number of carbonyl (C=O) groups excluding carboxylic acids is 2. The molecule has 1 heterocycles. The van der Waals surface area contributed by atoms with Crippen molar-refractivity contribution < 1.29 is 9.59 Å². The van der Waals surface area contributed by atoms with E-state index in [1.54, 1.807) is 12.2 Å². The first-order valence-corrected chi connectivity index (χ1v) is 7.53. The molecule has 1 aromatic rings. The van der Waals surface area contributed by atoms with Crippen molar-refractivity contribution in [3.63, 3.8) is 0 Å². The van der Waals surface area contributed by atoms with Crippen LogP contribution in [0.5, 0.6) is 0 Å². The van der Waals surface area contributed by atoms with Crippen molar-refractivity contribution in [1.29, 1.82) is 0 Å². The number of benzene rings is 1. The molecule has 5 nitrogen and oxygen atoms in total. The van der Waals surface area contributed by atoms with Crippen LogP contribution in [0.4, 0.5) is 5.69 Å². The Kier molecular flexibility index (Phi) is 4.95. The number of hydrogen-bond donors (Lipinski definition) is 1. The molecule has 1 aromatic carbocycles. The summed E-state index contributed by atoms with van der Waals surface area (Å²) in [6.07, 6.45) is 3.17. The molecule has 0 radical (unpaired) electrons. The minimum atomic E-state index is -0.476. The molecule has 0 aromatic heterocycles. The van der Waals surface area contributed by atoms with Gasteiger partial charge in [-0.3, -0.25) is 19.8 Å². The van der Waals surface area contributed by atoms with Crippen LogP contribution in [0.1, 0.15) is 11.1 Å². The molecule has 0 aliphatic carbocycles. The summed E-state index contributed by atoms with van der Waals surface area (Å²) in [6.45, 7) is 5.80. The fourth-order valence-corrected chi connectivity index (χ4v) is 2.49. The van der Waals surface area contributed by atoms with Gasteiger partial charge in [0.2, 0.25) is 0 Å². The lowest BCUT2D eigenvalue weighted by molar-refractivity contribution is -0.128. The van der Waals surface area contributed by atoms with Crippen molar-refractivity contribution in [2.45, 2.75) is 6.92 Å². The first-order valence-electron chi connectivity index (χ1n) is 7.13. The Morgan fingerprint density at radius 1 is 1.35 bits per heavy atom. The molecule has 1 aliphatic heterocycles. The van der Waals surface area contributed by atoms with E-state index in [0.29, 0.717) is 0 Å². The van der Waals surface area contributed by atoms with Crippen molar-refractivity contribution in [1.82, 2.24) is 10.2 Å². The Labute approximate surface area is 141 Å². The Morgan fingerprint density at radius 2 is 2.04 bits per heavy atom. The monoisotopic (exact) mass is 329 g/mol. The number of thiocarbonyl (C=S) groups is 1. The summed E-state index contributed by atoms with van der Waals surface area (Å²) < 4.78 is 0. The largest absolute Gasteiger partial charge is 0.378 e. The number of aryl methyl sites for hydroxylation is 1. The second-order valence-corrected chi connectivity index (χ2v) is 5.84. The number of amides is 2. The molecule has 1 N–H and O–H groups in total. The minimum absolute atomic E-state index is 0.0705. The Hall–Kier alpha value is -2.47. The van der Waals surface area contributed by atoms with E-state index in [0.717, 1.165) is 16.8 Å². The van der Waals surface area contributed by atoms with Crippen LogP contribution in [-0.2, 0) is 9.59 Å². The zero-order valence-corrected chi connectivity index (χ0v) is 14.2. The Bertz CT molecular complexity index is 723. The molecule has 0 saturated carbocycles. The highest BCUT2D eigenvalue weighted by Crippen LogP contribution is 2.21. The topological polar surface area (TPSA) is 52.7 Å². The Balaban J connectivity index is 2.41. The van der Waals surface area contributed by atoms with Crippen LogP contribution in [0.3, 0.4) is 0 Å². The van der Waals surface area contributed by atoms with Gasteiger partial charge in [0, 0.05) is 26.3 Å². The average molecular weight is 329 g/mol. The number of nitrogens with one attached hydrogen (secondary N) is 1. The van der Waals surface area contributed by atoms with E-state index in [-0.39, 0.29) is 17.2 Å². The summed E-state index contributed by atoms with van der Waals surface area (Å²) >= 11 is 5.03. The normalized spacial score (nSPS) is 16.6. The van der Waals surface area contributed by atoms with Gasteiger partial charge in [0.1, 0.15) is 5.57 Å². The molecular formula is C17H19N3O2S. The van der Waals surface area contributed by atoms with Crippen LogP contribution < -0.4 is 10.2 Å². The van der Waals surface area contributed by atoms with Crippen molar-refractivity contribution >= 4 is 40.9 Å². The third-order valence-electron chi connectivity index (χ3n) is 3.57. The number of nitrogens with zero attached hydrogens (tertiary/aromatic N) is 2. The maximum absolute atomic E-state index is 12.5. The third kappa shape index (κ3) is 3.48. The number of hydrogen-bond acceptors (Lipinski definition) is 4. The van der Waals surface area contributed by atoms with Gasteiger partial charge in [0.05, 0.1) is 0 Å². The second kappa shape index (κ2) is 6.75. The number of anilines is 1. The molecule has 0 unspecified atom stereocenters. The van der Waals surface area contributed by atoms with Gasteiger partial charge < -0.3 is 4.90 Å². The summed E-state index contributed by atoms with van der Waals surface area (Å²) in [5.41, 5.74) is 2.92. The predicted octanol–water partition coefficient (Wildman–Crippen LogP) is 1.87. The molecule has 0 spiro atoms. The van der Waals surface area contributed by atoms with Crippen molar-refractivity contribution in [3.8, 4) is 0 Å². The fourth-order valence-electron chi connectivity index (χ4n) is 2.24. The summed E-state index contributed by atoms with van der Waals surface area (Å²) in [5.74, 6) is -0.883. The number of rotatable bonds is 4. The average Bonchev–Trinajstić information content (AvgIpc) is 2.49. The highest BCUT2D eigenvalue weighted by atomic mass is 32.1. The summed E-state index contributed by atoms with van der Waals surface area (Å²) in [4.78, 5) is 27.9. The lowest BCUT2D eigenvalue weighted by Gasteiger charge is -2.27. The lowest BCUT2D eigenvalue weighted by atomic mass is 10.0. The van der Waals surface area contributed by atoms with E-state index in [1.165, 1.54) is 4.90 Å². The molecule has 0 atom stereocenters. The molecule has 0 bridgehead atoms. The van der Waals surface area contributed by atoms with Gasteiger partial charge in [0.15, 0.2) is 5.11 Å². The fraction of sp³-hybridized carbons (Fsp3) is 0.235. The predicted molar refractivity (Wildman–Crippen MR) is 96.1 cm³/mol. The van der Waals surface area contributed by atoms with Crippen molar-refractivity contribution in [3.05, 3.63) is 47.6 Å². The molecule has 1 saturated heterocycles. The summed E-state index contributed by atoms with van der Waals surface area (Å²) in [5, 5.41) is 2.65. The summed E-state index contributed by atoms with van der Waals surface area (Å²) in [7, 11) is 3.91. The first kappa shape index (κ1) is 16.9. The van der Waals surface area contributed by atoms with E-state index < -0.39 is 11.8 Å². The molecule has 1 aliphatic rings. The van der Waals surface area contributed by atoms with E-state index in [1.807, 2.05) is 44.1 Å². The molecule has 1 fully saturated rings. The SMILES string of the molecule is C=CCN1C(=O)C(=Cc2ccc(N(C)C)cc2C)C(=O)NC1=S. The highest BCUT2D eigenvalue weighted by molar-refractivity contribution is 7.80. The van der Waals surface area contributed by atoms with Crippen molar-refractivity contribution in [2.24, 2.45) is 0 Å². The van der Waals surface area contributed by atoms with E-state index in [9.17, 15) is 9.59 Å². The first-order chi connectivity index (χ1) is 10.8. The molecule has 2 rings (SSSR count).